The fourth-order valence-corrected chi connectivity index (χ4v) is 3.50. The van der Waals surface area contributed by atoms with Gasteiger partial charge in [0, 0.05) is 11.3 Å². The van der Waals surface area contributed by atoms with Gasteiger partial charge in [-0.3, -0.25) is 0 Å². The van der Waals surface area contributed by atoms with E-state index in [1.165, 1.54) is 11.8 Å². The zero-order valence-electron chi connectivity index (χ0n) is 14.5. The van der Waals surface area contributed by atoms with Gasteiger partial charge in [-0.15, -0.1) is 10.2 Å². The fourth-order valence-electron chi connectivity index (χ4n) is 2.73. The van der Waals surface area contributed by atoms with Gasteiger partial charge in [-0.25, -0.2) is 4.68 Å². The molecule has 0 saturated heterocycles. The topological polar surface area (TPSA) is 80.5 Å². The molecule has 2 aromatic carbocycles. The number of nitriles is 1. The van der Waals surface area contributed by atoms with Crippen LogP contribution < -0.4 is 0 Å². The Balaban J connectivity index is 1.60. The third kappa shape index (κ3) is 3.48. The lowest BCUT2D eigenvalue weighted by atomic mass is 10.2. The van der Waals surface area contributed by atoms with Crippen molar-refractivity contribution in [3.05, 3.63) is 77.6 Å². The first kappa shape index (κ1) is 17.1. The number of hydrogen-bond donors (Lipinski definition) is 0. The summed E-state index contributed by atoms with van der Waals surface area (Å²) in [5.41, 5.74) is 3.88. The number of aryl methyl sites for hydroxylation is 1. The highest BCUT2D eigenvalue weighted by atomic mass is 32.2. The largest absolute Gasteiger partial charge is 0.411 e. The molecule has 27 heavy (non-hydrogen) atoms. The van der Waals surface area contributed by atoms with E-state index in [0.717, 1.165) is 16.9 Å². The van der Waals surface area contributed by atoms with Crippen LogP contribution in [0.5, 0.6) is 0 Å². The number of thioether (sulfide) groups is 1. The van der Waals surface area contributed by atoms with E-state index in [1.54, 1.807) is 4.68 Å². The molecule has 132 valence electrons. The number of para-hydroxylation sites is 1. The first-order chi connectivity index (χ1) is 13.3. The van der Waals surface area contributed by atoms with Crippen molar-refractivity contribution in [3.8, 4) is 23.2 Å². The van der Waals surface area contributed by atoms with Crippen LogP contribution in [0.4, 0.5) is 0 Å². The molecule has 0 unspecified atom stereocenters. The van der Waals surface area contributed by atoms with Crippen LogP contribution in [0.15, 0.2) is 70.3 Å². The van der Waals surface area contributed by atoms with Crippen LogP contribution >= 0.6 is 11.8 Å². The Morgan fingerprint density at radius 2 is 1.74 bits per heavy atom. The van der Waals surface area contributed by atoms with E-state index >= 15 is 0 Å². The highest BCUT2D eigenvalue weighted by Gasteiger charge is 2.18. The number of benzene rings is 2. The summed E-state index contributed by atoms with van der Waals surface area (Å²) in [4.78, 5) is 0. The Morgan fingerprint density at radius 3 is 2.44 bits per heavy atom. The summed E-state index contributed by atoms with van der Waals surface area (Å²) in [7, 11) is 0. The van der Waals surface area contributed by atoms with Crippen molar-refractivity contribution in [2.75, 3.05) is 0 Å². The van der Waals surface area contributed by atoms with Crippen LogP contribution in [0.25, 0.3) is 17.1 Å². The Hall–Kier alpha value is -3.37. The van der Waals surface area contributed by atoms with E-state index in [1.807, 2.05) is 67.6 Å². The Bertz CT molecular complexity index is 1100. The Labute approximate surface area is 160 Å². The molecule has 0 amide bonds. The summed E-state index contributed by atoms with van der Waals surface area (Å²) in [5.74, 6) is 0.973. The van der Waals surface area contributed by atoms with E-state index in [2.05, 4.69) is 21.4 Å². The highest BCUT2D eigenvalue weighted by molar-refractivity contribution is 7.98. The third-order valence-corrected chi connectivity index (χ3v) is 4.86. The molecule has 0 radical (unpaired) electrons. The summed E-state index contributed by atoms with van der Waals surface area (Å²) in [6.45, 7) is 1.84. The molecule has 0 spiro atoms. The van der Waals surface area contributed by atoms with Crippen molar-refractivity contribution in [1.82, 2.24) is 20.0 Å². The molecule has 4 rings (SSSR count). The molecule has 0 saturated carbocycles. The average molecular weight is 373 g/mol. The number of nitrogens with zero attached hydrogens (tertiary/aromatic N) is 5. The molecular formula is C20H15N5OS. The second kappa shape index (κ2) is 7.48. The quantitative estimate of drug-likeness (QED) is 0.483. The minimum Gasteiger partial charge on any atom is -0.411 e. The van der Waals surface area contributed by atoms with Gasteiger partial charge in [-0.2, -0.15) is 10.4 Å². The van der Waals surface area contributed by atoms with Crippen molar-refractivity contribution >= 4 is 11.8 Å². The molecule has 0 atom stereocenters. The van der Waals surface area contributed by atoms with Gasteiger partial charge in [0.2, 0.25) is 5.89 Å². The average Bonchev–Trinajstić information content (AvgIpc) is 3.32. The predicted octanol–water partition coefficient (Wildman–Crippen LogP) is 4.39. The minimum absolute atomic E-state index is 0.455. The van der Waals surface area contributed by atoms with Gasteiger partial charge in [0.05, 0.1) is 22.6 Å². The maximum Gasteiger partial charge on any atom is 0.277 e. The molecule has 0 aliphatic heterocycles. The highest BCUT2D eigenvalue weighted by Crippen LogP contribution is 2.28. The molecule has 6 nitrogen and oxygen atoms in total. The van der Waals surface area contributed by atoms with E-state index in [0.29, 0.717) is 28.1 Å². The Kier molecular flexibility index (Phi) is 4.73. The van der Waals surface area contributed by atoms with Crippen molar-refractivity contribution in [3.63, 3.8) is 0 Å². The third-order valence-electron chi connectivity index (χ3n) is 4.03. The van der Waals surface area contributed by atoms with E-state index in [-0.39, 0.29) is 0 Å². The second-order valence-electron chi connectivity index (χ2n) is 5.79. The van der Waals surface area contributed by atoms with Crippen molar-refractivity contribution < 1.29 is 4.42 Å². The smallest absolute Gasteiger partial charge is 0.277 e. The number of rotatable bonds is 5. The summed E-state index contributed by atoms with van der Waals surface area (Å²) in [6, 6.07) is 21.6. The molecule has 4 aromatic rings. The SMILES string of the molecule is Cc1nn(-c2ccccc2)c(CSc2nnc(-c3ccccc3)o2)c1C#N. The zero-order chi connectivity index (χ0) is 18.6. The van der Waals surface area contributed by atoms with Crippen LogP contribution in [0.3, 0.4) is 0 Å². The lowest BCUT2D eigenvalue weighted by Crippen LogP contribution is -2.02. The first-order valence-corrected chi connectivity index (χ1v) is 9.30. The van der Waals surface area contributed by atoms with Crippen LogP contribution in [0.1, 0.15) is 17.0 Å². The zero-order valence-corrected chi connectivity index (χ0v) is 15.3. The maximum atomic E-state index is 9.55. The molecule has 0 aliphatic carbocycles. The van der Waals surface area contributed by atoms with Crippen molar-refractivity contribution in [2.24, 2.45) is 0 Å². The van der Waals surface area contributed by atoms with Crippen LogP contribution in [0, 0.1) is 18.3 Å². The lowest BCUT2D eigenvalue weighted by molar-refractivity contribution is 0.465. The number of aromatic nitrogens is 4. The van der Waals surface area contributed by atoms with Crippen LogP contribution in [-0.2, 0) is 5.75 Å². The molecule has 0 N–H and O–H groups in total. The molecule has 7 heteroatoms. The van der Waals surface area contributed by atoms with Crippen molar-refractivity contribution in [1.29, 1.82) is 5.26 Å². The Morgan fingerprint density at radius 1 is 1.04 bits per heavy atom. The summed E-state index contributed by atoms with van der Waals surface area (Å²) in [6.07, 6.45) is 0. The van der Waals surface area contributed by atoms with Gasteiger partial charge < -0.3 is 4.42 Å². The molecule has 0 aliphatic rings. The van der Waals surface area contributed by atoms with Gasteiger partial charge >= 0.3 is 0 Å². The molecule has 2 aromatic heterocycles. The van der Waals surface area contributed by atoms with E-state index in [4.69, 9.17) is 4.42 Å². The summed E-state index contributed by atoms with van der Waals surface area (Å²) in [5, 5.41) is 22.7. The van der Waals surface area contributed by atoms with Crippen LogP contribution in [0.2, 0.25) is 0 Å². The van der Waals surface area contributed by atoms with Gasteiger partial charge in [0.1, 0.15) is 6.07 Å². The standard InChI is InChI=1S/C20H15N5OS/c1-14-17(12-21)18(25(24-14)16-10-6-3-7-11-16)13-27-20-23-22-19(26-20)15-8-4-2-5-9-15/h2-11H,13H2,1H3. The normalized spacial score (nSPS) is 10.7. The van der Waals surface area contributed by atoms with Crippen LogP contribution in [-0.4, -0.2) is 20.0 Å². The predicted molar refractivity (Wildman–Crippen MR) is 102 cm³/mol. The molecular weight excluding hydrogens is 358 g/mol. The summed E-state index contributed by atoms with van der Waals surface area (Å²) >= 11 is 1.39. The van der Waals surface area contributed by atoms with Gasteiger partial charge in [-0.1, -0.05) is 48.2 Å². The molecule has 0 bridgehead atoms. The second-order valence-corrected chi connectivity index (χ2v) is 6.72. The fraction of sp³-hybridized carbons (Fsp3) is 0.100. The monoisotopic (exact) mass is 373 g/mol. The minimum atomic E-state index is 0.455. The summed E-state index contributed by atoms with van der Waals surface area (Å²) < 4.78 is 7.55. The molecule has 0 fully saturated rings. The van der Waals surface area contributed by atoms with Gasteiger partial charge in [-0.05, 0) is 31.2 Å². The molecule has 2 heterocycles. The van der Waals surface area contributed by atoms with Gasteiger partial charge in [0.25, 0.3) is 5.22 Å². The van der Waals surface area contributed by atoms with Gasteiger partial charge in [0.15, 0.2) is 0 Å². The lowest BCUT2D eigenvalue weighted by Gasteiger charge is -2.06. The van der Waals surface area contributed by atoms with Crippen molar-refractivity contribution in [2.45, 2.75) is 17.9 Å². The first-order valence-electron chi connectivity index (χ1n) is 8.32. The van der Waals surface area contributed by atoms with E-state index < -0.39 is 0 Å². The number of hydrogen-bond acceptors (Lipinski definition) is 6. The van der Waals surface area contributed by atoms with E-state index in [9.17, 15) is 5.26 Å². The maximum absolute atomic E-state index is 9.55.